The summed E-state index contributed by atoms with van der Waals surface area (Å²) in [7, 11) is -1.78. The highest BCUT2D eigenvalue weighted by molar-refractivity contribution is 7.86. The molecule has 7 heteroatoms. The normalized spacial score (nSPS) is 37.4. The lowest BCUT2D eigenvalue weighted by atomic mass is 9.94. The summed E-state index contributed by atoms with van der Waals surface area (Å²) in [6.45, 7) is 5.74. The Bertz CT molecular complexity index is 421. The largest absolute Gasteiger partial charge is 0.318 e. The van der Waals surface area contributed by atoms with E-state index in [9.17, 15) is 12.8 Å². The Labute approximate surface area is 121 Å². The van der Waals surface area contributed by atoms with Crippen LogP contribution in [0.5, 0.6) is 0 Å². The van der Waals surface area contributed by atoms with Crippen LogP contribution in [0, 0.1) is 11.8 Å². The summed E-state index contributed by atoms with van der Waals surface area (Å²) in [5, 5.41) is 2.96. The van der Waals surface area contributed by atoms with Crippen molar-refractivity contribution in [2.24, 2.45) is 11.8 Å². The first kappa shape index (κ1) is 16.1. The van der Waals surface area contributed by atoms with E-state index in [0.717, 1.165) is 6.42 Å². The number of nitrogens with one attached hydrogen (secondary N) is 1. The fraction of sp³-hybridized carbons (Fsp3) is 1.00. The number of piperidine rings is 1. The first-order valence-corrected chi connectivity index (χ1v) is 8.79. The molecular formula is C13H26FN3O2S. The molecule has 0 aromatic rings. The van der Waals surface area contributed by atoms with E-state index in [1.807, 2.05) is 0 Å². The number of halogens is 1. The molecule has 2 fully saturated rings. The van der Waals surface area contributed by atoms with Gasteiger partial charge in [-0.1, -0.05) is 13.8 Å². The number of nitrogens with zero attached hydrogens (tertiary/aromatic N) is 2. The van der Waals surface area contributed by atoms with Crippen LogP contribution >= 0.6 is 0 Å². The van der Waals surface area contributed by atoms with E-state index in [1.165, 1.54) is 4.31 Å². The molecule has 2 rings (SSSR count). The van der Waals surface area contributed by atoms with E-state index in [1.54, 1.807) is 11.4 Å². The Morgan fingerprint density at radius 3 is 2.30 bits per heavy atom. The van der Waals surface area contributed by atoms with Crippen LogP contribution in [-0.2, 0) is 10.2 Å². The first-order chi connectivity index (χ1) is 9.34. The second kappa shape index (κ2) is 6.25. The molecule has 118 valence electrons. The first-order valence-electron chi connectivity index (χ1n) is 7.40. The fourth-order valence-electron chi connectivity index (χ4n) is 3.48. The van der Waals surface area contributed by atoms with E-state index in [0.29, 0.717) is 37.9 Å². The molecule has 20 heavy (non-hydrogen) atoms. The molecule has 0 aromatic heterocycles. The van der Waals surface area contributed by atoms with Crippen LogP contribution in [0.25, 0.3) is 0 Å². The number of alkyl halides is 1. The van der Waals surface area contributed by atoms with Crippen LogP contribution in [0.15, 0.2) is 0 Å². The number of rotatable bonds is 4. The Morgan fingerprint density at radius 1 is 1.15 bits per heavy atom. The maximum Gasteiger partial charge on any atom is 0.282 e. The van der Waals surface area contributed by atoms with Crippen LogP contribution in [0.1, 0.15) is 26.7 Å². The van der Waals surface area contributed by atoms with Gasteiger partial charge in [-0.2, -0.15) is 17.0 Å². The summed E-state index contributed by atoms with van der Waals surface area (Å²) in [5.74, 6) is 0.722. The van der Waals surface area contributed by atoms with Gasteiger partial charge in [0, 0.05) is 32.2 Å². The molecule has 2 aliphatic rings. The summed E-state index contributed by atoms with van der Waals surface area (Å²) in [4.78, 5) is 0. The van der Waals surface area contributed by atoms with Crippen molar-refractivity contribution in [3.05, 3.63) is 0 Å². The zero-order valence-corrected chi connectivity index (χ0v) is 13.4. The average Bonchev–Trinajstić information content (AvgIpc) is 2.70. The Hall–Kier alpha value is -0.240. The highest BCUT2D eigenvalue weighted by atomic mass is 32.2. The van der Waals surface area contributed by atoms with Gasteiger partial charge in [-0.25, -0.2) is 4.39 Å². The average molecular weight is 307 g/mol. The highest BCUT2D eigenvalue weighted by Crippen LogP contribution is 2.29. The number of likely N-dealkylation sites (N-methyl/N-ethyl adjacent to an activating group) is 1. The molecule has 0 aliphatic carbocycles. The van der Waals surface area contributed by atoms with Crippen molar-refractivity contribution in [1.82, 2.24) is 13.9 Å². The molecule has 0 amide bonds. The minimum absolute atomic E-state index is 0.00601. The van der Waals surface area contributed by atoms with Crippen molar-refractivity contribution in [1.29, 1.82) is 0 Å². The van der Waals surface area contributed by atoms with Crippen LogP contribution in [0.3, 0.4) is 0 Å². The summed E-state index contributed by atoms with van der Waals surface area (Å²) in [6.07, 6.45) is 0.291. The molecule has 2 aliphatic heterocycles. The smallest absolute Gasteiger partial charge is 0.282 e. The summed E-state index contributed by atoms with van der Waals surface area (Å²) in [6, 6.07) is -0.271. The molecule has 2 heterocycles. The van der Waals surface area contributed by atoms with Crippen molar-refractivity contribution < 1.29 is 12.8 Å². The van der Waals surface area contributed by atoms with Gasteiger partial charge in [-0.3, -0.25) is 0 Å². The van der Waals surface area contributed by atoms with Crippen molar-refractivity contribution in [2.45, 2.75) is 38.9 Å². The Morgan fingerprint density at radius 2 is 1.75 bits per heavy atom. The molecule has 0 saturated carbocycles. The molecule has 1 N–H and O–H groups in total. The number of hydrogen-bond acceptors (Lipinski definition) is 3. The lowest BCUT2D eigenvalue weighted by Crippen LogP contribution is -2.52. The standard InChI is InChI=1S/C13H26FN3O2S/c1-10-4-11(2)8-16(7-10)20(18,19)17-9-12(14)5-13(17)6-15-3/h10-13,15H,4-9H2,1-3H3/t10?,11?,12-,13-/m0/s1. The van der Waals surface area contributed by atoms with Crippen molar-refractivity contribution >= 4 is 10.2 Å². The van der Waals surface area contributed by atoms with Gasteiger partial charge in [0.25, 0.3) is 10.2 Å². The third kappa shape index (κ3) is 3.32. The van der Waals surface area contributed by atoms with Gasteiger partial charge < -0.3 is 5.32 Å². The van der Waals surface area contributed by atoms with Gasteiger partial charge in [0.05, 0.1) is 0 Å². The molecule has 0 spiro atoms. The van der Waals surface area contributed by atoms with Crippen molar-refractivity contribution in [3.63, 3.8) is 0 Å². The Balaban J connectivity index is 2.16. The molecule has 4 atom stereocenters. The summed E-state index contributed by atoms with van der Waals surface area (Å²) >= 11 is 0. The quantitative estimate of drug-likeness (QED) is 0.837. The van der Waals surface area contributed by atoms with Gasteiger partial charge in [0.15, 0.2) is 0 Å². The van der Waals surface area contributed by atoms with Crippen LogP contribution in [0.2, 0.25) is 0 Å². The molecular weight excluding hydrogens is 281 g/mol. The van der Waals surface area contributed by atoms with E-state index in [2.05, 4.69) is 19.2 Å². The summed E-state index contributed by atoms with van der Waals surface area (Å²) < 4.78 is 42.1. The van der Waals surface area contributed by atoms with Gasteiger partial charge in [-0.05, 0) is 31.7 Å². The minimum Gasteiger partial charge on any atom is -0.318 e. The second-order valence-corrected chi connectivity index (χ2v) is 8.27. The third-order valence-electron chi connectivity index (χ3n) is 4.21. The molecule has 2 unspecified atom stereocenters. The monoisotopic (exact) mass is 307 g/mol. The lowest BCUT2D eigenvalue weighted by molar-refractivity contribution is 0.205. The highest BCUT2D eigenvalue weighted by Gasteiger charge is 2.43. The van der Waals surface area contributed by atoms with Gasteiger partial charge in [0.1, 0.15) is 6.17 Å². The molecule has 2 saturated heterocycles. The lowest BCUT2D eigenvalue weighted by Gasteiger charge is -2.37. The second-order valence-electron chi connectivity index (χ2n) is 6.38. The predicted octanol–water partition coefficient (Wildman–Crippen LogP) is 0.841. The zero-order valence-electron chi connectivity index (χ0n) is 12.5. The number of hydrogen-bond donors (Lipinski definition) is 1. The van der Waals surface area contributed by atoms with E-state index < -0.39 is 16.4 Å². The van der Waals surface area contributed by atoms with Crippen LogP contribution in [0.4, 0.5) is 4.39 Å². The van der Waals surface area contributed by atoms with E-state index in [-0.39, 0.29) is 12.6 Å². The molecule has 0 aromatic carbocycles. The van der Waals surface area contributed by atoms with E-state index >= 15 is 0 Å². The van der Waals surface area contributed by atoms with E-state index in [4.69, 9.17) is 0 Å². The van der Waals surface area contributed by atoms with Gasteiger partial charge >= 0.3 is 0 Å². The summed E-state index contributed by atoms with van der Waals surface area (Å²) in [5.41, 5.74) is 0. The van der Waals surface area contributed by atoms with Crippen molar-refractivity contribution in [3.8, 4) is 0 Å². The van der Waals surface area contributed by atoms with Crippen molar-refractivity contribution in [2.75, 3.05) is 33.2 Å². The zero-order chi connectivity index (χ0) is 14.9. The SMILES string of the molecule is CNC[C@@H]1C[C@H](F)CN1S(=O)(=O)N1CC(C)CC(C)C1. The molecule has 5 nitrogen and oxygen atoms in total. The van der Waals surface area contributed by atoms with Crippen LogP contribution in [-0.4, -0.2) is 62.5 Å². The topological polar surface area (TPSA) is 52.7 Å². The molecule has 0 radical (unpaired) electrons. The van der Waals surface area contributed by atoms with Gasteiger partial charge in [0.2, 0.25) is 0 Å². The Kier molecular flexibility index (Phi) is 5.05. The predicted molar refractivity (Wildman–Crippen MR) is 77.4 cm³/mol. The fourth-order valence-corrected chi connectivity index (χ4v) is 5.55. The minimum atomic E-state index is -3.55. The molecule has 0 bridgehead atoms. The maximum absolute atomic E-state index is 13.6. The third-order valence-corrected chi connectivity index (χ3v) is 6.20. The van der Waals surface area contributed by atoms with Gasteiger partial charge in [-0.15, -0.1) is 0 Å². The van der Waals surface area contributed by atoms with Crippen LogP contribution < -0.4 is 5.32 Å². The maximum atomic E-state index is 13.6.